The molecule has 1 saturated heterocycles. The average molecular weight is 198 g/mol. The maximum Gasteiger partial charge on any atom is 0.234 e. The molecule has 1 heterocycles. The standard InChI is InChI=1S/C11H22N2O/c1-11(2,3)12-10(14)9-13-7-5-4-6-8-13/h4-9H2,1-3H3,(H,12,14). The monoisotopic (exact) mass is 198 g/mol. The van der Waals surface area contributed by atoms with E-state index in [4.69, 9.17) is 0 Å². The number of carbonyl (C=O) groups excluding carboxylic acids is 1. The van der Waals surface area contributed by atoms with Gasteiger partial charge in [0.25, 0.3) is 0 Å². The third-order valence-electron chi connectivity index (χ3n) is 2.33. The second-order valence-corrected chi connectivity index (χ2v) is 5.13. The highest BCUT2D eigenvalue weighted by Crippen LogP contribution is 2.08. The Hall–Kier alpha value is -0.570. The number of carbonyl (C=O) groups is 1. The molecule has 1 fully saturated rings. The number of rotatable bonds is 2. The van der Waals surface area contributed by atoms with Gasteiger partial charge in [0.05, 0.1) is 6.54 Å². The van der Waals surface area contributed by atoms with E-state index < -0.39 is 0 Å². The summed E-state index contributed by atoms with van der Waals surface area (Å²) >= 11 is 0. The number of piperidine rings is 1. The second kappa shape index (κ2) is 4.78. The largest absolute Gasteiger partial charge is 0.350 e. The molecule has 3 nitrogen and oxygen atoms in total. The van der Waals surface area contributed by atoms with Crippen molar-refractivity contribution in [2.45, 2.75) is 45.6 Å². The fourth-order valence-electron chi connectivity index (χ4n) is 1.78. The van der Waals surface area contributed by atoms with Gasteiger partial charge in [-0.15, -0.1) is 0 Å². The summed E-state index contributed by atoms with van der Waals surface area (Å²) in [6, 6.07) is 0. The maximum atomic E-state index is 11.6. The predicted molar refractivity (Wildman–Crippen MR) is 58.2 cm³/mol. The van der Waals surface area contributed by atoms with Crippen molar-refractivity contribution < 1.29 is 4.79 Å². The molecule has 0 unspecified atom stereocenters. The van der Waals surface area contributed by atoms with E-state index in [2.05, 4.69) is 10.2 Å². The first-order valence-electron chi connectivity index (χ1n) is 5.51. The highest BCUT2D eigenvalue weighted by molar-refractivity contribution is 5.78. The molecule has 1 N–H and O–H groups in total. The molecule has 14 heavy (non-hydrogen) atoms. The molecule has 0 aromatic carbocycles. The van der Waals surface area contributed by atoms with Gasteiger partial charge in [-0.25, -0.2) is 0 Å². The van der Waals surface area contributed by atoms with Crippen molar-refractivity contribution in [3.8, 4) is 0 Å². The van der Waals surface area contributed by atoms with Crippen LogP contribution in [0, 0.1) is 0 Å². The Morgan fingerprint density at radius 1 is 1.21 bits per heavy atom. The van der Waals surface area contributed by atoms with Crippen LogP contribution in [-0.2, 0) is 4.79 Å². The van der Waals surface area contributed by atoms with E-state index in [0.29, 0.717) is 6.54 Å². The van der Waals surface area contributed by atoms with Crippen LogP contribution >= 0.6 is 0 Å². The van der Waals surface area contributed by atoms with Gasteiger partial charge in [-0.2, -0.15) is 0 Å². The molecule has 0 spiro atoms. The summed E-state index contributed by atoms with van der Waals surface area (Å²) < 4.78 is 0. The molecule has 0 aliphatic carbocycles. The first kappa shape index (κ1) is 11.5. The third-order valence-corrected chi connectivity index (χ3v) is 2.33. The maximum absolute atomic E-state index is 11.6. The van der Waals surface area contributed by atoms with E-state index in [1.165, 1.54) is 19.3 Å². The zero-order valence-corrected chi connectivity index (χ0v) is 9.60. The SMILES string of the molecule is CC(C)(C)NC(=O)CN1CCCCC1. The Balaban J connectivity index is 2.25. The summed E-state index contributed by atoms with van der Waals surface area (Å²) in [5.41, 5.74) is -0.104. The minimum atomic E-state index is -0.104. The lowest BCUT2D eigenvalue weighted by Crippen LogP contribution is -2.46. The average Bonchev–Trinajstić information content (AvgIpc) is 2.02. The van der Waals surface area contributed by atoms with Gasteiger partial charge in [-0.3, -0.25) is 9.69 Å². The molecular weight excluding hydrogens is 176 g/mol. The molecule has 3 heteroatoms. The molecule has 1 rings (SSSR count). The molecule has 0 bridgehead atoms. The van der Waals surface area contributed by atoms with Crippen molar-refractivity contribution in [1.82, 2.24) is 10.2 Å². The number of amides is 1. The summed E-state index contributed by atoms with van der Waals surface area (Å²) in [4.78, 5) is 13.8. The van der Waals surface area contributed by atoms with E-state index in [-0.39, 0.29) is 11.4 Å². The molecule has 1 amide bonds. The summed E-state index contributed by atoms with van der Waals surface area (Å²) in [6.07, 6.45) is 3.79. The van der Waals surface area contributed by atoms with Crippen LogP contribution in [0.4, 0.5) is 0 Å². The Bertz CT molecular complexity index is 190. The van der Waals surface area contributed by atoms with Crippen LogP contribution in [0.2, 0.25) is 0 Å². The highest BCUT2D eigenvalue weighted by Gasteiger charge is 2.17. The Labute approximate surface area is 86.9 Å². The second-order valence-electron chi connectivity index (χ2n) is 5.13. The number of likely N-dealkylation sites (tertiary alicyclic amines) is 1. The van der Waals surface area contributed by atoms with Gasteiger partial charge in [-0.05, 0) is 46.7 Å². The van der Waals surface area contributed by atoms with Gasteiger partial charge >= 0.3 is 0 Å². The lowest BCUT2D eigenvalue weighted by molar-refractivity contribution is -0.123. The van der Waals surface area contributed by atoms with Gasteiger partial charge < -0.3 is 5.32 Å². The molecule has 1 aliphatic heterocycles. The van der Waals surface area contributed by atoms with Crippen molar-refractivity contribution in [1.29, 1.82) is 0 Å². The van der Waals surface area contributed by atoms with E-state index in [9.17, 15) is 4.79 Å². The molecule has 0 radical (unpaired) electrons. The topological polar surface area (TPSA) is 32.3 Å². The Morgan fingerprint density at radius 3 is 2.29 bits per heavy atom. The van der Waals surface area contributed by atoms with E-state index in [0.717, 1.165) is 13.1 Å². The van der Waals surface area contributed by atoms with Crippen molar-refractivity contribution in [3.05, 3.63) is 0 Å². The quantitative estimate of drug-likeness (QED) is 0.727. The number of nitrogens with zero attached hydrogens (tertiary/aromatic N) is 1. The van der Waals surface area contributed by atoms with Crippen LogP contribution in [0.3, 0.4) is 0 Å². The van der Waals surface area contributed by atoms with Crippen molar-refractivity contribution in [3.63, 3.8) is 0 Å². The van der Waals surface area contributed by atoms with Crippen molar-refractivity contribution in [2.24, 2.45) is 0 Å². The van der Waals surface area contributed by atoms with E-state index in [1.54, 1.807) is 0 Å². The van der Waals surface area contributed by atoms with Crippen LogP contribution in [0.1, 0.15) is 40.0 Å². The number of hydrogen-bond acceptors (Lipinski definition) is 2. The number of hydrogen-bond donors (Lipinski definition) is 1. The molecular formula is C11H22N2O. The van der Waals surface area contributed by atoms with Crippen LogP contribution < -0.4 is 5.32 Å². The third kappa shape index (κ3) is 4.61. The normalized spacial score (nSPS) is 19.4. The molecule has 1 aliphatic rings. The van der Waals surface area contributed by atoms with Crippen LogP contribution in [-0.4, -0.2) is 36.0 Å². The minimum absolute atomic E-state index is 0.104. The first-order chi connectivity index (χ1) is 6.47. The van der Waals surface area contributed by atoms with Crippen LogP contribution in [0.25, 0.3) is 0 Å². The van der Waals surface area contributed by atoms with Gasteiger partial charge in [0.2, 0.25) is 5.91 Å². The summed E-state index contributed by atoms with van der Waals surface area (Å²) in [5, 5.41) is 2.99. The summed E-state index contributed by atoms with van der Waals surface area (Å²) in [6.45, 7) is 8.77. The number of nitrogens with one attached hydrogen (secondary N) is 1. The predicted octanol–water partition coefficient (Wildman–Crippen LogP) is 1.39. The molecule has 0 atom stereocenters. The Kier molecular flexibility index (Phi) is 3.93. The van der Waals surface area contributed by atoms with Gasteiger partial charge in [0, 0.05) is 5.54 Å². The van der Waals surface area contributed by atoms with E-state index >= 15 is 0 Å². The van der Waals surface area contributed by atoms with Crippen LogP contribution in [0.5, 0.6) is 0 Å². The lowest BCUT2D eigenvalue weighted by atomic mass is 10.1. The zero-order chi connectivity index (χ0) is 10.6. The van der Waals surface area contributed by atoms with Crippen molar-refractivity contribution in [2.75, 3.05) is 19.6 Å². The Morgan fingerprint density at radius 2 is 1.79 bits per heavy atom. The molecule has 0 saturated carbocycles. The minimum Gasteiger partial charge on any atom is -0.350 e. The smallest absolute Gasteiger partial charge is 0.234 e. The van der Waals surface area contributed by atoms with Crippen molar-refractivity contribution >= 4 is 5.91 Å². The lowest BCUT2D eigenvalue weighted by Gasteiger charge is -2.28. The van der Waals surface area contributed by atoms with Gasteiger partial charge in [0.15, 0.2) is 0 Å². The van der Waals surface area contributed by atoms with Gasteiger partial charge in [0.1, 0.15) is 0 Å². The molecule has 0 aromatic heterocycles. The fraction of sp³-hybridized carbons (Fsp3) is 0.909. The first-order valence-corrected chi connectivity index (χ1v) is 5.51. The van der Waals surface area contributed by atoms with E-state index in [1.807, 2.05) is 20.8 Å². The highest BCUT2D eigenvalue weighted by atomic mass is 16.2. The summed E-state index contributed by atoms with van der Waals surface area (Å²) in [7, 11) is 0. The zero-order valence-electron chi connectivity index (χ0n) is 9.60. The van der Waals surface area contributed by atoms with Gasteiger partial charge in [-0.1, -0.05) is 6.42 Å². The van der Waals surface area contributed by atoms with Crippen LogP contribution in [0.15, 0.2) is 0 Å². The molecule has 0 aromatic rings. The molecule has 82 valence electrons. The summed E-state index contributed by atoms with van der Waals surface area (Å²) in [5.74, 6) is 0.152. The fourth-order valence-corrected chi connectivity index (χ4v) is 1.78.